The zero-order valence-corrected chi connectivity index (χ0v) is 19.4. The smallest absolute Gasteiger partial charge is 0.257 e. The van der Waals surface area contributed by atoms with E-state index >= 15 is 0 Å². The predicted molar refractivity (Wildman–Crippen MR) is 129 cm³/mol. The molecule has 0 aliphatic carbocycles. The summed E-state index contributed by atoms with van der Waals surface area (Å²) in [5.74, 6) is 1.63. The van der Waals surface area contributed by atoms with Crippen molar-refractivity contribution in [1.82, 2.24) is 16.0 Å². The highest BCUT2D eigenvalue weighted by Gasteiger charge is 2.06. The van der Waals surface area contributed by atoms with Gasteiger partial charge in [0.1, 0.15) is 5.75 Å². The minimum atomic E-state index is -0.128. The van der Waals surface area contributed by atoms with Gasteiger partial charge in [-0.05, 0) is 43.0 Å². The molecule has 2 aromatic carbocycles. The number of ether oxygens (including phenoxy) is 2. The van der Waals surface area contributed by atoms with E-state index in [0.29, 0.717) is 38.0 Å². The van der Waals surface area contributed by atoms with Crippen LogP contribution in [0.5, 0.6) is 5.75 Å². The molecule has 0 saturated carbocycles. The van der Waals surface area contributed by atoms with Crippen molar-refractivity contribution in [3.63, 3.8) is 0 Å². The first kappa shape index (κ1) is 25.2. The lowest BCUT2D eigenvalue weighted by Crippen LogP contribution is -2.40. The molecule has 1 unspecified atom stereocenters. The molecule has 2 rings (SSSR count). The van der Waals surface area contributed by atoms with E-state index < -0.39 is 0 Å². The van der Waals surface area contributed by atoms with Crippen LogP contribution in [0.2, 0.25) is 0 Å². The highest BCUT2D eigenvalue weighted by atomic mass is 16.5. The van der Waals surface area contributed by atoms with Crippen molar-refractivity contribution >= 4 is 11.9 Å². The third-order valence-corrected chi connectivity index (χ3v) is 4.54. The molecular formula is C25H36N4O3. The number of amides is 1. The van der Waals surface area contributed by atoms with Gasteiger partial charge in [0.2, 0.25) is 0 Å². The molecule has 32 heavy (non-hydrogen) atoms. The second kappa shape index (κ2) is 14.9. The molecule has 1 atom stereocenters. The number of carbonyl (C=O) groups excluding carboxylic acids is 1. The second-order valence-electron chi connectivity index (χ2n) is 7.57. The molecule has 174 valence electrons. The largest absolute Gasteiger partial charge is 0.484 e. The van der Waals surface area contributed by atoms with Crippen molar-refractivity contribution in [2.45, 2.75) is 33.9 Å². The number of carbonyl (C=O) groups is 1. The number of rotatable bonds is 13. The molecule has 0 heterocycles. The Hall–Kier alpha value is -3.06. The summed E-state index contributed by atoms with van der Waals surface area (Å²) in [5, 5.41) is 9.37. The molecule has 3 N–H and O–H groups in total. The molecular weight excluding hydrogens is 404 g/mol. The van der Waals surface area contributed by atoms with Crippen molar-refractivity contribution in [2.24, 2.45) is 10.9 Å². The fraction of sp³-hybridized carbons (Fsp3) is 0.440. The van der Waals surface area contributed by atoms with Gasteiger partial charge in [-0.25, -0.2) is 4.99 Å². The summed E-state index contributed by atoms with van der Waals surface area (Å²) in [7, 11) is 0. The summed E-state index contributed by atoms with van der Waals surface area (Å²) < 4.78 is 11.4. The van der Waals surface area contributed by atoms with Crippen LogP contribution in [0, 0.1) is 5.92 Å². The Morgan fingerprint density at radius 1 is 0.969 bits per heavy atom. The SMILES string of the molecule is CCNC(=O)COc1cccc(CN=C(NCC)NCC(C)COCc2ccccc2)c1. The summed E-state index contributed by atoms with van der Waals surface area (Å²) in [6.07, 6.45) is 0. The molecule has 0 saturated heterocycles. The molecule has 7 heteroatoms. The molecule has 0 aliphatic rings. The van der Waals surface area contributed by atoms with E-state index in [4.69, 9.17) is 9.47 Å². The van der Waals surface area contributed by atoms with Gasteiger partial charge in [0.15, 0.2) is 12.6 Å². The number of nitrogens with zero attached hydrogens (tertiary/aromatic N) is 1. The zero-order valence-electron chi connectivity index (χ0n) is 19.4. The average Bonchev–Trinajstić information content (AvgIpc) is 2.81. The van der Waals surface area contributed by atoms with Crippen LogP contribution in [0.25, 0.3) is 0 Å². The highest BCUT2D eigenvalue weighted by Crippen LogP contribution is 2.14. The van der Waals surface area contributed by atoms with E-state index in [2.05, 4.69) is 40.0 Å². The van der Waals surface area contributed by atoms with Gasteiger partial charge < -0.3 is 25.4 Å². The van der Waals surface area contributed by atoms with Crippen LogP contribution >= 0.6 is 0 Å². The molecule has 0 aromatic heterocycles. The van der Waals surface area contributed by atoms with Crippen LogP contribution in [-0.2, 0) is 22.7 Å². The van der Waals surface area contributed by atoms with Gasteiger partial charge in [0.05, 0.1) is 19.8 Å². The van der Waals surface area contributed by atoms with E-state index in [0.717, 1.165) is 24.6 Å². The Labute approximate surface area is 191 Å². The predicted octanol–water partition coefficient (Wildman–Crippen LogP) is 3.11. The number of guanidine groups is 1. The maximum atomic E-state index is 11.6. The Morgan fingerprint density at radius 2 is 1.72 bits per heavy atom. The number of benzene rings is 2. The van der Waals surface area contributed by atoms with Gasteiger partial charge in [-0.15, -0.1) is 0 Å². The molecule has 0 aliphatic heterocycles. The second-order valence-corrected chi connectivity index (χ2v) is 7.57. The summed E-state index contributed by atoms with van der Waals surface area (Å²) in [6.45, 7) is 10.0. The van der Waals surface area contributed by atoms with Crippen LogP contribution < -0.4 is 20.7 Å². The van der Waals surface area contributed by atoms with Crippen LogP contribution in [0.3, 0.4) is 0 Å². The summed E-state index contributed by atoms with van der Waals surface area (Å²) in [6, 6.07) is 17.8. The van der Waals surface area contributed by atoms with E-state index in [1.165, 1.54) is 5.56 Å². The van der Waals surface area contributed by atoms with Crippen molar-refractivity contribution in [2.75, 3.05) is 32.8 Å². The summed E-state index contributed by atoms with van der Waals surface area (Å²) >= 11 is 0. The van der Waals surface area contributed by atoms with Crippen LogP contribution in [0.1, 0.15) is 31.9 Å². The minimum absolute atomic E-state index is 0.00892. The lowest BCUT2D eigenvalue weighted by atomic mass is 10.2. The molecule has 0 radical (unpaired) electrons. The standard InChI is InChI=1S/C25H36N4O3/c1-4-26-24(30)19-32-23-13-9-12-22(14-23)16-29-25(27-5-2)28-15-20(3)17-31-18-21-10-7-6-8-11-21/h6-14,20H,4-5,15-19H2,1-3H3,(H,26,30)(H2,27,28,29). The van der Waals surface area contributed by atoms with Crippen LogP contribution in [0.4, 0.5) is 0 Å². The Kier molecular flexibility index (Phi) is 11.7. The zero-order chi connectivity index (χ0) is 23.0. The molecule has 7 nitrogen and oxygen atoms in total. The molecule has 0 bridgehead atoms. The van der Waals surface area contributed by atoms with E-state index in [1.807, 2.05) is 56.3 Å². The van der Waals surface area contributed by atoms with Crippen molar-refractivity contribution in [3.8, 4) is 5.75 Å². The van der Waals surface area contributed by atoms with E-state index in [9.17, 15) is 4.79 Å². The molecule has 2 aromatic rings. The monoisotopic (exact) mass is 440 g/mol. The number of hydrogen-bond donors (Lipinski definition) is 3. The van der Waals surface area contributed by atoms with Gasteiger partial charge in [-0.3, -0.25) is 4.79 Å². The maximum absolute atomic E-state index is 11.6. The summed E-state index contributed by atoms with van der Waals surface area (Å²) in [4.78, 5) is 16.2. The minimum Gasteiger partial charge on any atom is -0.484 e. The number of hydrogen-bond acceptors (Lipinski definition) is 4. The Bertz CT molecular complexity index is 827. The quantitative estimate of drug-likeness (QED) is 0.329. The van der Waals surface area contributed by atoms with E-state index in [-0.39, 0.29) is 12.5 Å². The topological polar surface area (TPSA) is 84.0 Å². The van der Waals surface area contributed by atoms with E-state index in [1.54, 1.807) is 0 Å². The fourth-order valence-electron chi connectivity index (χ4n) is 2.92. The van der Waals surface area contributed by atoms with Crippen LogP contribution in [0.15, 0.2) is 59.6 Å². The lowest BCUT2D eigenvalue weighted by Gasteiger charge is -2.16. The molecule has 0 spiro atoms. The van der Waals surface area contributed by atoms with Gasteiger partial charge in [0.25, 0.3) is 5.91 Å². The summed E-state index contributed by atoms with van der Waals surface area (Å²) in [5.41, 5.74) is 2.19. The van der Waals surface area contributed by atoms with Crippen LogP contribution in [-0.4, -0.2) is 44.7 Å². The van der Waals surface area contributed by atoms with Gasteiger partial charge in [-0.1, -0.05) is 49.4 Å². The first-order valence-corrected chi connectivity index (χ1v) is 11.2. The van der Waals surface area contributed by atoms with Gasteiger partial charge >= 0.3 is 0 Å². The Balaban J connectivity index is 1.79. The number of aliphatic imine (C=N–C) groups is 1. The fourth-order valence-corrected chi connectivity index (χ4v) is 2.92. The molecule has 0 fully saturated rings. The average molecular weight is 441 g/mol. The van der Waals surface area contributed by atoms with Crippen molar-refractivity contribution in [1.29, 1.82) is 0 Å². The number of nitrogens with one attached hydrogen (secondary N) is 3. The molecule has 1 amide bonds. The lowest BCUT2D eigenvalue weighted by molar-refractivity contribution is -0.122. The third-order valence-electron chi connectivity index (χ3n) is 4.54. The van der Waals surface area contributed by atoms with Gasteiger partial charge in [-0.2, -0.15) is 0 Å². The maximum Gasteiger partial charge on any atom is 0.257 e. The van der Waals surface area contributed by atoms with Crippen molar-refractivity contribution < 1.29 is 14.3 Å². The van der Waals surface area contributed by atoms with Crippen molar-refractivity contribution in [3.05, 3.63) is 65.7 Å². The van der Waals surface area contributed by atoms with Gasteiger partial charge in [0, 0.05) is 19.6 Å². The normalized spacial score (nSPS) is 12.2. The highest BCUT2D eigenvalue weighted by molar-refractivity contribution is 5.79. The third kappa shape index (κ3) is 10.3. The Morgan fingerprint density at radius 3 is 2.47 bits per heavy atom. The number of likely N-dealkylation sites (N-methyl/N-ethyl adjacent to an activating group) is 1. The first-order chi connectivity index (χ1) is 15.6. The first-order valence-electron chi connectivity index (χ1n) is 11.2.